The van der Waals surface area contributed by atoms with Gasteiger partial charge in [-0.3, -0.25) is 20.2 Å². The number of nitro groups is 2. The molecule has 2 rings (SSSR count). The van der Waals surface area contributed by atoms with Crippen molar-refractivity contribution >= 4 is 11.4 Å². The van der Waals surface area contributed by atoms with Crippen LogP contribution in [0.2, 0.25) is 0 Å². The molecule has 0 N–H and O–H groups in total. The van der Waals surface area contributed by atoms with Gasteiger partial charge in [0.1, 0.15) is 11.5 Å². The first-order valence-electron chi connectivity index (χ1n) is 10.8. The molecule has 168 valence electrons. The summed E-state index contributed by atoms with van der Waals surface area (Å²) in [5.41, 5.74) is 0.147. The van der Waals surface area contributed by atoms with Gasteiger partial charge in [0.05, 0.1) is 23.1 Å². The summed E-state index contributed by atoms with van der Waals surface area (Å²) in [6.07, 6.45) is 10.2. The van der Waals surface area contributed by atoms with Crippen LogP contribution >= 0.6 is 0 Å². The van der Waals surface area contributed by atoms with Crippen molar-refractivity contribution in [2.24, 2.45) is 0 Å². The number of hydrogen-bond acceptors (Lipinski definition) is 6. The molecule has 0 aliphatic carbocycles. The highest BCUT2D eigenvalue weighted by molar-refractivity contribution is 5.36. The van der Waals surface area contributed by atoms with Crippen LogP contribution in [0.25, 0.3) is 0 Å². The maximum absolute atomic E-state index is 10.6. The fourth-order valence-corrected chi connectivity index (χ4v) is 3.15. The van der Waals surface area contributed by atoms with Crippen molar-refractivity contribution in [1.82, 2.24) is 0 Å². The van der Waals surface area contributed by atoms with Gasteiger partial charge in [-0.15, -0.1) is 0 Å². The van der Waals surface area contributed by atoms with Crippen molar-refractivity contribution in [2.45, 2.75) is 57.8 Å². The first-order chi connectivity index (χ1) is 15.1. The topological polar surface area (TPSA) is 105 Å². The summed E-state index contributed by atoms with van der Waals surface area (Å²) in [7, 11) is 0. The van der Waals surface area contributed by atoms with E-state index in [9.17, 15) is 20.2 Å². The second-order valence-electron chi connectivity index (χ2n) is 7.38. The van der Waals surface area contributed by atoms with Crippen molar-refractivity contribution < 1.29 is 19.3 Å². The molecule has 0 aromatic heterocycles. The van der Waals surface area contributed by atoms with Crippen LogP contribution in [-0.4, -0.2) is 23.1 Å². The smallest absolute Gasteiger partial charge is 0.269 e. The first kappa shape index (κ1) is 24.1. The SMILES string of the molecule is O=[N+]([O-])c1ccc(OCCCCCCCCCCCOc2ccc([N+](=O)[O-])cc2)cc1. The highest BCUT2D eigenvalue weighted by atomic mass is 16.6. The monoisotopic (exact) mass is 430 g/mol. The van der Waals surface area contributed by atoms with E-state index in [-0.39, 0.29) is 11.4 Å². The fourth-order valence-electron chi connectivity index (χ4n) is 3.15. The van der Waals surface area contributed by atoms with E-state index in [1.165, 1.54) is 56.4 Å². The Kier molecular flexibility index (Phi) is 10.9. The van der Waals surface area contributed by atoms with Crippen LogP contribution in [0, 0.1) is 20.2 Å². The first-order valence-corrected chi connectivity index (χ1v) is 10.8. The average Bonchev–Trinajstić information content (AvgIpc) is 2.77. The molecule has 0 amide bonds. The van der Waals surface area contributed by atoms with E-state index >= 15 is 0 Å². The molecule has 0 radical (unpaired) electrons. The van der Waals surface area contributed by atoms with Crippen molar-refractivity contribution in [3.8, 4) is 11.5 Å². The maximum Gasteiger partial charge on any atom is 0.269 e. The Morgan fingerprint density at radius 3 is 1.10 bits per heavy atom. The second kappa shape index (κ2) is 14.0. The molecule has 8 heteroatoms. The molecule has 31 heavy (non-hydrogen) atoms. The third-order valence-corrected chi connectivity index (χ3v) is 4.92. The molecule has 0 heterocycles. The van der Waals surface area contributed by atoms with Crippen molar-refractivity contribution in [3.63, 3.8) is 0 Å². The summed E-state index contributed by atoms with van der Waals surface area (Å²) in [6.45, 7) is 1.26. The van der Waals surface area contributed by atoms with E-state index in [4.69, 9.17) is 9.47 Å². The number of benzene rings is 2. The average molecular weight is 431 g/mol. The third-order valence-electron chi connectivity index (χ3n) is 4.92. The van der Waals surface area contributed by atoms with Crippen LogP contribution < -0.4 is 9.47 Å². The van der Waals surface area contributed by atoms with Crippen LogP contribution in [0.15, 0.2) is 48.5 Å². The second-order valence-corrected chi connectivity index (χ2v) is 7.38. The Morgan fingerprint density at radius 2 is 0.806 bits per heavy atom. The van der Waals surface area contributed by atoms with Gasteiger partial charge in [-0.25, -0.2) is 0 Å². The lowest BCUT2D eigenvalue weighted by Crippen LogP contribution is -1.98. The maximum atomic E-state index is 10.6. The molecule has 0 saturated carbocycles. The summed E-state index contributed by atoms with van der Waals surface area (Å²) in [5.74, 6) is 1.34. The Labute approximate surface area is 182 Å². The molecule has 0 aliphatic heterocycles. The van der Waals surface area contributed by atoms with Crippen LogP contribution in [-0.2, 0) is 0 Å². The van der Waals surface area contributed by atoms with E-state index in [1.807, 2.05) is 0 Å². The summed E-state index contributed by atoms with van der Waals surface area (Å²) >= 11 is 0. The van der Waals surface area contributed by atoms with Gasteiger partial charge in [0.2, 0.25) is 0 Å². The van der Waals surface area contributed by atoms with Gasteiger partial charge in [-0.05, 0) is 37.1 Å². The lowest BCUT2D eigenvalue weighted by molar-refractivity contribution is -0.385. The zero-order chi connectivity index (χ0) is 22.3. The molecule has 8 nitrogen and oxygen atoms in total. The molecule has 2 aromatic carbocycles. The Bertz CT molecular complexity index is 725. The number of hydrogen-bond donors (Lipinski definition) is 0. The van der Waals surface area contributed by atoms with Gasteiger partial charge in [-0.1, -0.05) is 44.9 Å². The Hall–Kier alpha value is -3.16. The predicted molar refractivity (Wildman–Crippen MR) is 119 cm³/mol. The van der Waals surface area contributed by atoms with Gasteiger partial charge in [-0.2, -0.15) is 0 Å². The van der Waals surface area contributed by atoms with Crippen LogP contribution in [0.3, 0.4) is 0 Å². The number of nitrogens with zero attached hydrogens (tertiary/aromatic N) is 2. The molecule has 0 spiro atoms. The standard InChI is InChI=1S/C23H30N2O6/c26-24(27)20-10-14-22(15-11-20)30-18-8-6-4-2-1-3-5-7-9-19-31-23-16-12-21(13-17-23)25(28)29/h10-17H,1-9,18-19H2. The van der Waals surface area contributed by atoms with Gasteiger partial charge in [0.25, 0.3) is 11.4 Å². The lowest BCUT2D eigenvalue weighted by Gasteiger charge is -2.07. The zero-order valence-electron chi connectivity index (χ0n) is 17.7. The lowest BCUT2D eigenvalue weighted by atomic mass is 10.1. The zero-order valence-corrected chi connectivity index (χ0v) is 17.7. The van der Waals surface area contributed by atoms with Crippen molar-refractivity contribution in [1.29, 1.82) is 0 Å². The van der Waals surface area contributed by atoms with Gasteiger partial charge in [0.15, 0.2) is 0 Å². The number of unbranched alkanes of at least 4 members (excludes halogenated alkanes) is 8. The normalized spacial score (nSPS) is 10.6. The van der Waals surface area contributed by atoms with Crippen molar-refractivity contribution in [2.75, 3.05) is 13.2 Å². The fraction of sp³-hybridized carbons (Fsp3) is 0.478. The molecule has 0 unspecified atom stereocenters. The van der Waals surface area contributed by atoms with E-state index in [0.717, 1.165) is 25.7 Å². The number of ether oxygens (including phenoxy) is 2. The molecular formula is C23H30N2O6. The van der Waals surface area contributed by atoms with E-state index in [1.54, 1.807) is 24.3 Å². The minimum absolute atomic E-state index is 0.0735. The van der Waals surface area contributed by atoms with Gasteiger partial charge < -0.3 is 9.47 Å². The number of rotatable bonds is 16. The molecule has 2 aromatic rings. The molecule has 0 fully saturated rings. The summed E-state index contributed by atoms with van der Waals surface area (Å²) in [6, 6.07) is 12.4. The Morgan fingerprint density at radius 1 is 0.516 bits per heavy atom. The van der Waals surface area contributed by atoms with E-state index < -0.39 is 9.85 Å². The predicted octanol–water partition coefficient (Wildman–Crippen LogP) is 6.47. The quantitative estimate of drug-likeness (QED) is 0.172. The highest BCUT2D eigenvalue weighted by Gasteiger charge is 2.05. The summed E-state index contributed by atoms with van der Waals surface area (Å²) in [5, 5.41) is 21.2. The van der Waals surface area contributed by atoms with Crippen LogP contribution in [0.4, 0.5) is 11.4 Å². The molecule has 0 aliphatic rings. The van der Waals surface area contributed by atoms with Crippen LogP contribution in [0.1, 0.15) is 57.8 Å². The molecular weight excluding hydrogens is 400 g/mol. The van der Waals surface area contributed by atoms with Gasteiger partial charge >= 0.3 is 0 Å². The largest absolute Gasteiger partial charge is 0.494 e. The van der Waals surface area contributed by atoms with E-state index in [0.29, 0.717) is 24.7 Å². The summed E-state index contributed by atoms with van der Waals surface area (Å²) < 4.78 is 11.2. The van der Waals surface area contributed by atoms with E-state index in [2.05, 4.69) is 0 Å². The minimum Gasteiger partial charge on any atom is -0.494 e. The molecule has 0 atom stereocenters. The number of non-ortho nitro benzene ring substituents is 2. The summed E-state index contributed by atoms with van der Waals surface area (Å²) in [4.78, 5) is 20.4. The highest BCUT2D eigenvalue weighted by Crippen LogP contribution is 2.19. The number of nitro benzene ring substituents is 2. The van der Waals surface area contributed by atoms with Crippen molar-refractivity contribution in [3.05, 3.63) is 68.8 Å². The molecule has 0 bridgehead atoms. The van der Waals surface area contributed by atoms with Crippen LogP contribution in [0.5, 0.6) is 11.5 Å². The third kappa shape index (κ3) is 9.93. The minimum atomic E-state index is -0.417. The molecule has 0 saturated heterocycles. The Balaban J connectivity index is 1.37. The van der Waals surface area contributed by atoms with Gasteiger partial charge in [0, 0.05) is 24.3 Å².